The number of carbonyl (C=O) groups is 2. The van der Waals surface area contributed by atoms with Gasteiger partial charge in [0.25, 0.3) is 0 Å². The first-order valence-electron chi connectivity index (χ1n) is 4.91. The summed E-state index contributed by atoms with van der Waals surface area (Å²) in [6, 6.07) is 0. The third-order valence-electron chi connectivity index (χ3n) is 1.91. The van der Waals surface area contributed by atoms with Crippen LogP contribution in [0, 0.1) is 0 Å². The molecule has 0 rings (SSSR count). The maximum Gasteiger partial charge on any atom is 0.330 e. The van der Waals surface area contributed by atoms with Gasteiger partial charge in [-0.05, 0) is 13.3 Å². The van der Waals surface area contributed by atoms with Gasteiger partial charge in [0, 0.05) is 32.6 Å². The topological polar surface area (TPSA) is 52.6 Å². The van der Waals surface area contributed by atoms with Crippen molar-refractivity contribution in [3.8, 4) is 0 Å². The number of Topliss-reactive ketones (excluding diaryl/α,β-unsaturated/α-hetero) is 1. The molecule has 0 N–H and O–H groups in total. The number of ketones is 1. The van der Waals surface area contributed by atoms with Crippen molar-refractivity contribution in [1.29, 1.82) is 0 Å². The van der Waals surface area contributed by atoms with Crippen LogP contribution in [0.2, 0.25) is 0 Å². The zero-order valence-electron chi connectivity index (χ0n) is 9.32. The first kappa shape index (κ1) is 13.8. The molecule has 86 valence electrons. The number of ether oxygens (including phenoxy) is 2. The van der Waals surface area contributed by atoms with Gasteiger partial charge in [0.15, 0.2) is 0 Å². The SMILES string of the molecule is C=CC(=O)OC(CCOC)CCC(C)=O. The van der Waals surface area contributed by atoms with Crippen molar-refractivity contribution in [3.63, 3.8) is 0 Å². The van der Waals surface area contributed by atoms with E-state index >= 15 is 0 Å². The predicted octanol–water partition coefficient (Wildman–Crippen LogP) is 1.49. The van der Waals surface area contributed by atoms with Crippen molar-refractivity contribution in [1.82, 2.24) is 0 Å². The minimum absolute atomic E-state index is 0.0899. The molecule has 0 saturated heterocycles. The summed E-state index contributed by atoms with van der Waals surface area (Å²) < 4.78 is 9.96. The van der Waals surface area contributed by atoms with E-state index < -0.39 is 5.97 Å². The van der Waals surface area contributed by atoms with Gasteiger partial charge in [-0.1, -0.05) is 6.58 Å². The number of rotatable bonds is 8. The third kappa shape index (κ3) is 7.88. The Hall–Kier alpha value is -1.16. The van der Waals surface area contributed by atoms with Crippen LogP contribution < -0.4 is 0 Å². The first-order chi connectivity index (χ1) is 7.10. The first-order valence-corrected chi connectivity index (χ1v) is 4.91. The van der Waals surface area contributed by atoms with Gasteiger partial charge in [-0.15, -0.1) is 0 Å². The van der Waals surface area contributed by atoms with Crippen molar-refractivity contribution < 1.29 is 19.1 Å². The molecule has 0 saturated carbocycles. The summed E-state index contributed by atoms with van der Waals surface area (Å²) in [5, 5.41) is 0. The van der Waals surface area contributed by atoms with Crippen molar-refractivity contribution >= 4 is 11.8 Å². The lowest BCUT2D eigenvalue weighted by molar-refractivity contribution is -0.144. The maximum absolute atomic E-state index is 11.0. The molecule has 0 aromatic rings. The van der Waals surface area contributed by atoms with Crippen molar-refractivity contribution in [2.45, 2.75) is 32.3 Å². The smallest absolute Gasteiger partial charge is 0.330 e. The fourth-order valence-corrected chi connectivity index (χ4v) is 1.09. The second-order valence-corrected chi connectivity index (χ2v) is 3.29. The minimum atomic E-state index is -0.459. The molecule has 0 aromatic carbocycles. The zero-order chi connectivity index (χ0) is 11.7. The molecule has 1 atom stereocenters. The molecular formula is C11H18O4. The minimum Gasteiger partial charge on any atom is -0.459 e. The fraction of sp³-hybridized carbons (Fsp3) is 0.636. The Bertz CT molecular complexity index is 223. The van der Waals surface area contributed by atoms with Gasteiger partial charge in [0.1, 0.15) is 11.9 Å². The lowest BCUT2D eigenvalue weighted by atomic mass is 10.1. The van der Waals surface area contributed by atoms with Gasteiger partial charge in [0.2, 0.25) is 0 Å². The monoisotopic (exact) mass is 214 g/mol. The number of hydrogen-bond donors (Lipinski definition) is 0. The third-order valence-corrected chi connectivity index (χ3v) is 1.91. The van der Waals surface area contributed by atoms with E-state index in [9.17, 15) is 9.59 Å². The molecule has 4 heteroatoms. The average Bonchev–Trinajstić information content (AvgIpc) is 2.21. The van der Waals surface area contributed by atoms with E-state index in [2.05, 4.69) is 6.58 Å². The summed E-state index contributed by atoms with van der Waals surface area (Å²) in [4.78, 5) is 21.7. The molecule has 1 unspecified atom stereocenters. The molecular weight excluding hydrogens is 196 g/mol. The summed E-state index contributed by atoms with van der Waals surface area (Å²) in [6.45, 7) is 5.34. The van der Waals surface area contributed by atoms with E-state index in [0.29, 0.717) is 25.9 Å². The fourth-order valence-electron chi connectivity index (χ4n) is 1.09. The van der Waals surface area contributed by atoms with Crippen molar-refractivity contribution in [2.75, 3.05) is 13.7 Å². The van der Waals surface area contributed by atoms with E-state index in [0.717, 1.165) is 6.08 Å². The van der Waals surface area contributed by atoms with E-state index in [1.807, 2.05) is 0 Å². The molecule has 0 aromatic heterocycles. The summed E-state index contributed by atoms with van der Waals surface area (Å²) in [5.74, 6) is -0.369. The Morgan fingerprint density at radius 2 is 2.07 bits per heavy atom. The molecule has 15 heavy (non-hydrogen) atoms. The van der Waals surface area contributed by atoms with Crippen LogP contribution in [-0.4, -0.2) is 31.6 Å². The highest BCUT2D eigenvalue weighted by Gasteiger charge is 2.13. The van der Waals surface area contributed by atoms with Crippen LogP contribution in [0.1, 0.15) is 26.2 Å². The standard InChI is InChI=1S/C11H18O4/c1-4-11(13)15-10(7-8-14-3)6-5-9(2)12/h4,10H,1,5-8H2,2-3H3. The molecule has 0 spiro atoms. The molecule has 0 aliphatic rings. The highest BCUT2D eigenvalue weighted by molar-refractivity contribution is 5.81. The maximum atomic E-state index is 11.0. The molecule has 0 bridgehead atoms. The van der Waals surface area contributed by atoms with Crippen LogP contribution in [0.25, 0.3) is 0 Å². The molecule has 0 aliphatic carbocycles. The predicted molar refractivity (Wildman–Crippen MR) is 56.5 cm³/mol. The normalized spacial score (nSPS) is 11.9. The van der Waals surface area contributed by atoms with Gasteiger partial charge < -0.3 is 14.3 Å². The van der Waals surface area contributed by atoms with Crippen LogP contribution in [0.15, 0.2) is 12.7 Å². The molecule has 0 radical (unpaired) electrons. The summed E-state index contributed by atoms with van der Waals surface area (Å²) in [7, 11) is 1.58. The van der Waals surface area contributed by atoms with Gasteiger partial charge in [-0.3, -0.25) is 0 Å². The largest absolute Gasteiger partial charge is 0.459 e. The van der Waals surface area contributed by atoms with E-state index in [1.54, 1.807) is 7.11 Å². The zero-order valence-corrected chi connectivity index (χ0v) is 9.32. The quantitative estimate of drug-likeness (QED) is 0.453. The van der Waals surface area contributed by atoms with Crippen molar-refractivity contribution in [2.24, 2.45) is 0 Å². The second-order valence-electron chi connectivity index (χ2n) is 3.29. The van der Waals surface area contributed by atoms with Gasteiger partial charge in [-0.25, -0.2) is 4.79 Å². The highest BCUT2D eigenvalue weighted by Crippen LogP contribution is 2.08. The Kier molecular flexibility index (Phi) is 7.54. The number of carbonyl (C=O) groups excluding carboxylic acids is 2. The molecule has 0 fully saturated rings. The van der Waals surface area contributed by atoms with Crippen LogP contribution >= 0.6 is 0 Å². The lowest BCUT2D eigenvalue weighted by Gasteiger charge is -2.15. The Morgan fingerprint density at radius 1 is 1.40 bits per heavy atom. The number of esters is 1. The average molecular weight is 214 g/mol. The van der Waals surface area contributed by atoms with E-state index in [1.165, 1.54) is 6.92 Å². The van der Waals surface area contributed by atoms with Crippen LogP contribution in [-0.2, 0) is 19.1 Å². The Morgan fingerprint density at radius 3 is 2.53 bits per heavy atom. The van der Waals surface area contributed by atoms with Crippen LogP contribution in [0.4, 0.5) is 0 Å². The molecule has 4 nitrogen and oxygen atoms in total. The Labute approximate surface area is 90.2 Å². The van der Waals surface area contributed by atoms with Crippen LogP contribution in [0.5, 0.6) is 0 Å². The summed E-state index contributed by atoms with van der Waals surface area (Å²) in [6.07, 6.45) is 2.41. The van der Waals surface area contributed by atoms with Gasteiger partial charge in [0.05, 0.1) is 0 Å². The molecule has 0 aliphatic heterocycles. The van der Waals surface area contributed by atoms with Gasteiger partial charge in [-0.2, -0.15) is 0 Å². The summed E-state index contributed by atoms with van der Waals surface area (Å²) in [5.41, 5.74) is 0. The van der Waals surface area contributed by atoms with Gasteiger partial charge >= 0.3 is 5.97 Å². The van der Waals surface area contributed by atoms with E-state index in [-0.39, 0.29) is 11.9 Å². The van der Waals surface area contributed by atoms with E-state index in [4.69, 9.17) is 9.47 Å². The Balaban J connectivity index is 3.98. The number of methoxy groups -OCH3 is 1. The second kappa shape index (κ2) is 8.17. The lowest BCUT2D eigenvalue weighted by Crippen LogP contribution is -2.19. The molecule has 0 amide bonds. The highest BCUT2D eigenvalue weighted by atomic mass is 16.5. The van der Waals surface area contributed by atoms with Crippen LogP contribution in [0.3, 0.4) is 0 Å². The van der Waals surface area contributed by atoms with Crippen molar-refractivity contribution in [3.05, 3.63) is 12.7 Å². The number of hydrogen-bond acceptors (Lipinski definition) is 4. The summed E-state index contributed by atoms with van der Waals surface area (Å²) >= 11 is 0. The molecule has 0 heterocycles.